The number of nitrogens with zero attached hydrogens (tertiary/aromatic N) is 2. The molecule has 2 heterocycles. The number of ether oxygens (including phenoxy) is 1. The Morgan fingerprint density at radius 2 is 1.71 bits per heavy atom. The number of piperidine rings is 1. The topological polar surface area (TPSA) is 138 Å². The van der Waals surface area contributed by atoms with Crippen LogP contribution in [0.2, 0.25) is 0 Å². The van der Waals surface area contributed by atoms with Crippen molar-refractivity contribution >= 4 is 35.6 Å². The van der Waals surface area contributed by atoms with Gasteiger partial charge in [0.25, 0.3) is 17.7 Å². The van der Waals surface area contributed by atoms with Gasteiger partial charge in [-0.25, -0.2) is 4.90 Å². The van der Waals surface area contributed by atoms with Crippen LogP contribution in [0.5, 0.6) is 0 Å². The van der Waals surface area contributed by atoms with E-state index in [1.54, 1.807) is 12.1 Å². The van der Waals surface area contributed by atoms with Gasteiger partial charge in [0.1, 0.15) is 6.04 Å². The van der Waals surface area contributed by atoms with E-state index in [0.717, 1.165) is 11.8 Å². The third-order valence-corrected chi connectivity index (χ3v) is 4.68. The molecule has 0 radical (unpaired) electrons. The zero-order valence-electron chi connectivity index (χ0n) is 14.8. The first-order chi connectivity index (χ1) is 13.2. The molecule has 4 amide bonds. The summed E-state index contributed by atoms with van der Waals surface area (Å²) in [5.41, 5.74) is 0.343. The van der Waals surface area contributed by atoms with Crippen LogP contribution in [0.1, 0.15) is 40.5 Å². The standard InChI is InChI=1S/C18H16N2O8/c1-9(17(25)26)18(27)28-8-19-13(21)7-6-12(16(19)24)20-14(22)10-4-2-3-5-11(10)15(20)23/h2-5,9,12H,6-8H2,1H3,(H,25,26). The van der Waals surface area contributed by atoms with E-state index in [2.05, 4.69) is 0 Å². The summed E-state index contributed by atoms with van der Waals surface area (Å²) in [7, 11) is 0. The molecule has 1 N–H and O–H groups in total. The molecule has 1 fully saturated rings. The first-order valence-corrected chi connectivity index (χ1v) is 8.44. The molecule has 2 aliphatic heterocycles. The zero-order chi connectivity index (χ0) is 20.6. The van der Waals surface area contributed by atoms with Crippen molar-refractivity contribution in [2.45, 2.75) is 25.8 Å². The molecule has 2 atom stereocenters. The Kier molecular flexibility index (Phi) is 4.95. The van der Waals surface area contributed by atoms with E-state index in [1.165, 1.54) is 12.1 Å². The minimum Gasteiger partial charge on any atom is -0.481 e. The number of carboxylic acid groups (broad SMARTS) is 1. The molecule has 1 aromatic rings. The number of aliphatic carboxylic acids is 1. The number of imide groups is 2. The predicted octanol–water partition coefficient (Wildman–Crippen LogP) is 0.0216. The average molecular weight is 388 g/mol. The number of esters is 1. The number of carboxylic acids is 1. The lowest BCUT2D eigenvalue weighted by atomic mass is 10.0. The van der Waals surface area contributed by atoms with Gasteiger partial charge in [-0.1, -0.05) is 12.1 Å². The lowest BCUT2D eigenvalue weighted by Crippen LogP contribution is -2.56. The Bertz CT molecular complexity index is 874. The smallest absolute Gasteiger partial charge is 0.321 e. The first kappa shape index (κ1) is 19.2. The van der Waals surface area contributed by atoms with Gasteiger partial charge in [0.2, 0.25) is 5.91 Å². The fraction of sp³-hybridized carbons (Fsp3) is 0.333. The van der Waals surface area contributed by atoms with Gasteiger partial charge in [0.15, 0.2) is 12.6 Å². The Balaban J connectivity index is 1.76. The van der Waals surface area contributed by atoms with Crippen molar-refractivity contribution in [3.05, 3.63) is 35.4 Å². The van der Waals surface area contributed by atoms with Gasteiger partial charge in [-0.3, -0.25) is 33.7 Å². The van der Waals surface area contributed by atoms with Gasteiger partial charge in [0.05, 0.1) is 11.1 Å². The fourth-order valence-corrected chi connectivity index (χ4v) is 3.04. The second-order valence-electron chi connectivity index (χ2n) is 6.39. The Labute approximate surface area is 158 Å². The summed E-state index contributed by atoms with van der Waals surface area (Å²) in [6, 6.07) is 4.92. The lowest BCUT2D eigenvalue weighted by Gasteiger charge is -2.34. The lowest BCUT2D eigenvalue weighted by molar-refractivity contribution is -0.167. The molecule has 146 valence electrons. The van der Waals surface area contributed by atoms with Crippen LogP contribution in [0.15, 0.2) is 24.3 Å². The highest BCUT2D eigenvalue weighted by molar-refractivity contribution is 6.23. The summed E-state index contributed by atoms with van der Waals surface area (Å²) in [6.45, 7) is 0.319. The SMILES string of the molecule is CC(C(=O)O)C(=O)OCN1C(=O)CCC(N2C(=O)c3ccccc3C2=O)C1=O. The van der Waals surface area contributed by atoms with Crippen LogP contribution in [0.25, 0.3) is 0 Å². The summed E-state index contributed by atoms with van der Waals surface area (Å²) in [5.74, 6) is -6.77. The Morgan fingerprint density at radius 1 is 1.14 bits per heavy atom. The molecule has 2 aliphatic rings. The van der Waals surface area contributed by atoms with Gasteiger partial charge < -0.3 is 9.84 Å². The maximum Gasteiger partial charge on any atom is 0.321 e. The number of rotatable bonds is 5. The number of amides is 4. The van der Waals surface area contributed by atoms with Crippen molar-refractivity contribution in [1.29, 1.82) is 0 Å². The molecule has 10 nitrogen and oxygen atoms in total. The van der Waals surface area contributed by atoms with Crippen LogP contribution in [0, 0.1) is 5.92 Å². The molecule has 0 aromatic heterocycles. The summed E-state index contributed by atoms with van der Waals surface area (Å²) in [6.07, 6.45) is -0.186. The van der Waals surface area contributed by atoms with Crippen LogP contribution < -0.4 is 0 Å². The van der Waals surface area contributed by atoms with Crippen molar-refractivity contribution in [2.24, 2.45) is 5.92 Å². The number of carbonyl (C=O) groups excluding carboxylic acids is 5. The zero-order valence-corrected chi connectivity index (χ0v) is 14.8. The van der Waals surface area contributed by atoms with E-state index in [1.807, 2.05) is 0 Å². The van der Waals surface area contributed by atoms with Crippen molar-refractivity contribution < 1.29 is 38.6 Å². The highest BCUT2D eigenvalue weighted by atomic mass is 16.5. The number of hydrogen-bond acceptors (Lipinski definition) is 7. The van der Waals surface area contributed by atoms with Crippen molar-refractivity contribution in [1.82, 2.24) is 9.80 Å². The first-order valence-electron chi connectivity index (χ1n) is 8.44. The molecular formula is C18H16N2O8. The van der Waals surface area contributed by atoms with Gasteiger partial charge in [-0.05, 0) is 25.5 Å². The van der Waals surface area contributed by atoms with Crippen LogP contribution in [0.4, 0.5) is 0 Å². The van der Waals surface area contributed by atoms with E-state index in [9.17, 15) is 28.8 Å². The quantitative estimate of drug-likeness (QED) is 0.423. The van der Waals surface area contributed by atoms with Crippen molar-refractivity contribution in [3.63, 3.8) is 0 Å². The Morgan fingerprint density at radius 3 is 2.25 bits per heavy atom. The molecule has 0 spiro atoms. The van der Waals surface area contributed by atoms with Crippen LogP contribution >= 0.6 is 0 Å². The van der Waals surface area contributed by atoms with Crippen LogP contribution in [-0.4, -0.2) is 63.2 Å². The summed E-state index contributed by atoms with van der Waals surface area (Å²) < 4.78 is 4.75. The third kappa shape index (κ3) is 3.13. The van der Waals surface area contributed by atoms with Crippen LogP contribution in [-0.2, 0) is 23.9 Å². The minimum absolute atomic E-state index is 0.0425. The van der Waals surface area contributed by atoms with E-state index >= 15 is 0 Å². The van der Waals surface area contributed by atoms with E-state index in [-0.39, 0.29) is 24.0 Å². The summed E-state index contributed by atoms with van der Waals surface area (Å²) >= 11 is 0. The molecule has 2 unspecified atom stereocenters. The molecule has 3 rings (SSSR count). The second-order valence-corrected chi connectivity index (χ2v) is 6.39. The molecular weight excluding hydrogens is 372 g/mol. The predicted molar refractivity (Wildman–Crippen MR) is 89.6 cm³/mol. The molecule has 0 bridgehead atoms. The second kappa shape index (κ2) is 7.22. The number of benzene rings is 1. The molecule has 1 saturated heterocycles. The maximum atomic E-state index is 12.7. The maximum absolute atomic E-state index is 12.7. The fourth-order valence-electron chi connectivity index (χ4n) is 3.04. The van der Waals surface area contributed by atoms with E-state index in [0.29, 0.717) is 4.90 Å². The highest BCUT2D eigenvalue weighted by Crippen LogP contribution is 2.29. The number of fused-ring (bicyclic) bond motifs is 1. The number of likely N-dealkylation sites (tertiary alicyclic amines) is 1. The van der Waals surface area contributed by atoms with Crippen molar-refractivity contribution in [3.8, 4) is 0 Å². The molecule has 28 heavy (non-hydrogen) atoms. The number of carbonyl (C=O) groups is 6. The summed E-state index contributed by atoms with van der Waals surface area (Å²) in [5, 5.41) is 8.79. The molecule has 10 heteroatoms. The van der Waals surface area contributed by atoms with Crippen molar-refractivity contribution in [2.75, 3.05) is 6.73 Å². The largest absolute Gasteiger partial charge is 0.481 e. The normalized spacial score (nSPS) is 20.2. The average Bonchev–Trinajstić information content (AvgIpc) is 2.92. The van der Waals surface area contributed by atoms with Gasteiger partial charge in [-0.15, -0.1) is 0 Å². The molecule has 1 aromatic carbocycles. The molecule has 0 aliphatic carbocycles. The van der Waals surface area contributed by atoms with Gasteiger partial charge >= 0.3 is 11.9 Å². The Hall–Kier alpha value is -3.56. The monoisotopic (exact) mass is 388 g/mol. The van der Waals surface area contributed by atoms with Gasteiger partial charge in [-0.2, -0.15) is 0 Å². The number of hydrogen-bond donors (Lipinski definition) is 1. The minimum atomic E-state index is -1.47. The molecule has 0 saturated carbocycles. The van der Waals surface area contributed by atoms with E-state index in [4.69, 9.17) is 9.84 Å². The van der Waals surface area contributed by atoms with E-state index < -0.39 is 54.3 Å². The summed E-state index contributed by atoms with van der Waals surface area (Å²) in [4.78, 5) is 73.8. The third-order valence-electron chi connectivity index (χ3n) is 4.68. The van der Waals surface area contributed by atoms with Crippen LogP contribution in [0.3, 0.4) is 0 Å². The van der Waals surface area contributed by atoms with Gasteiger partial charge in [0, 0.05) is 6.42 Å². The highest BCUT2D eigenvalue weighted by Gasteiger charge is 2.47.